The maximum absolute atomic E-state index is 6.99. The van der Waals surface area contributed by atoms with Crippen molar-refractivity contribution in [3.63, 3.8) is 0 Å². The van der Waals surface area contributed by atoms with Crippen molar-refractivity contribution >= 4 is 8.88 Å². The predicted molar refractivity (Wildman–Crippen MR) is 149 cm³/mol. The number of hydrogen-bond acceptors (Lipinski definition) is 4. The molecule has 4 aliphatic rings. The van der Waals surface area contributed by atoms with Gasteiger partial charge in [-0.1, -0.05) is 79.1 Å². The number of rotatable bonds is 8. The molecule has 8 unspecified atom stereocenters. The standard InChI is InChI=1S/C30H58N2O2Si/c1-23-15-7-11-19-27(23)31(28-20-12-8-16-24(28)2)35(33-5,34-6)32(29-21-13-9-17-25(29)3)30-22-14-10-18-26(30)4/h23-30H,7-22H2,1-6H3. The second-order valence-corrected chi connectivity index (χ2v) is 16.0. The van der Waals surface area contributed by atoms with Crippen LogP contribution >= 0.6 is 0 Å². The summed E-state index contributed by atoms with van der Waals surface area (Å²) in [6.45, 7) is 10.1. The Balaban J connectivity index is 1.83. The summed E-state index contributed by atoms with van der Waals surface area (Å²) in [6, 6.07) is 2.39. The monoisotopic (exact) mass is 506 g/mol. The van der Waals surface area contributed by atoms with Gasteiger partial charge in [0.25, 0.3) is 0 Å². The summed E-state index contributed by atoms with van der Waals surface area (Å²) in [5.41, 5.74) is 0. The number of nitrogens with zero attached hydrogens (tertiary/aromatic N) is 2. The average molecular weight is 507 g/mol. The van der Waals surface area contributed by atoms with Gasteiger partial charge in [-0.05, 0) is 75.0 Å². The molecule has 204 valence electrons. The van der Waals surface area contributed by atoms with Crippen molar-refractivity contribution in [2.24, 2.45) is 23.7 Å². The summed E-state index contributed by atoms with van der Waals surface area (Å²) in [4.78, 5) is 0. The highest BCUT2D eigenvalue weighted by atomic mass is 28.4. The maximum Gasteiger partial charge on any atom is 0.522 e. The van der Waals surface area contributed by atoms with Gasteiger partial charge in [0.1, 0.15) is 0 Å². The molecule has 0 bridgehead atoms. The Hall–Kier alpha value is 0.0569. The van der Waals surface area contributed by atoms with E-state index in [1.807, 2.05) is 14.2 Å². The highest BCUT2D eigenvalue weighted by molar-refractivity contribution is 6.62. The fraction of sp³-hybridized carbons (Fsp3) is 1.00. The minimum absolute atomic E-state index is 0.598. The summed E-state index contributed by atoms with van der Waals surface area (Å²) >= 11 is 0. The molecule has 0 N–H and O–H groups in total. The zero-order valence-electron chi connectivity index (χ0n) is 24.1. The molecule has 0 aromatic carbocycles. The quantitative estimate of drug-likeness (QED) is 0.316. The Morgan fingerprint density at radius 3 is 0.857 bits per heavy atom. The molecule has 4 rings (SSSR count). The molecule has 35 heavy (non-hydrogen) atoms. The highest BCUT2D eigenvalue weighted by Gasteiger charge is 2.61. The normalized spacial score (nSPS) is 39.8. The first-order valence-electron chi connectivity index (χ1n) is 15.6. The molecule has 0 saturated heterocycles. The van der Waals surface area contributed by atoms with Crippen molar-refractivity contribution in [1.29, 1.82) is 0 Å². The van der Waals surface area contributed by atoms with Crippen LogP contribution in [0.3, 0.4) is 0 Å². The van der Waals surface area contributed by atoms with Gasteiger partial charge in [-0.3, -0.25) is 9.13 Å². The molecule has 4 saturated carbocycles. The first-order valence-corrected chi connectivity index (χ1v) is 17.3. The first kappa shape index (κ1) is 28.1. The van der Waals surface area contributed by atoms with Crippen LogP contribution in [0.5, 0.6) is 0 Å². The topological polar surface area (TPSA) is 24.9 Å². The van der Waals surface area contributed by atoms with Crippen molar-refractivity contribution in [2.75, 3.05) is 14.2 Å². The fourth-order valence-electron chi connectivity index (χ4n) is 8.81. The molecule has 4 aliphatic carbocycles. The van der Waals surface area contributed by atoms with E-state index in [0.717, 1.165) is 23.7 Å². The lowest BCUT2D eigenvalue weighted by Crippen LogP contribution is -2.79. The fourth-order valence-corrected chi connectivity index (χ4v) is 13.3. The van der Waals surface area contributed by atoms with Crippen LogP contribution in [0.2, 0.25) is 0 Å². The molecule has 4 fully saturated rings. The Bertz CT molecular complexity index is 550. The first-order chi connectivity index (χ1) is 16.9. The summed E-state index contributed by atoms with van der Waals surface area (Å²) in [5, 5.41) is 0. The van der Waals surface area contributed by atoms with E-state index in [1.54, 1.807) is 0 Å². The van der Waals surface area contributed by atoms with Gasteiger partial charge in [-0.2, -0.15) is 0 Å². The zero-order valence-corrected chi connectivity index (χ0v) is 25.1. The predicted octanol–water partition coefficient (Wildman–Crippen LogP) is 7.63. The highest BCUT2D eigenvalue weighted by Crippen LogP contribution is 2.45. The van der Waals surface area contributed by atoms with E-state index in [1.165, 1.54) is 103 Å². The Labute approximate surface area is 219 Å². The summed E-state index contributed by atoms with van der Waals surface area (Å²) in [7, 11) is 1.20. The molecule has 0 radical (unpaired) electrons. The van der Waals surface area contributed by atoms with Gasteiger partial charge in [-0.25, -0.2) is 0 Å². The third-order valence-corrected chi connectivity index (χ3v) is 14.6. The van der Waals surface area contributed by atoms with Gasteiger partial charge >= 0.3 is 8.88 Å². The van der Waals surface area contributed by atoms with Crippen LogP contribution in [0.4, 0.5) is 0 Å². The lowest BCUT2D eigenvalue weighted by atomic mass is 9.81. The zero-order chi connectivity index (χ0) is 25.0. The van der Waals surface area contributed by atoms with E-state index in [4.69, 9.17) is 8.85 Å². The third-order valence-electron chi connectivity index (χ3n) is 10.9. The van der Waals surface area contributed by atoms with Gasteiger partial charge in [0.2, 0.25) is 0 Å². The van der Waals surface area contributed by atoms with Crippen molar-refractivity contribution in [1.82, 2.24) is 9.13 Å². The van der Waals surface area contributed by atoms with Crippen molar-refractivity contribution < 1.29 is 8.85 Å². The molecular weight excluding hydrogens is 448 g/mol. The summed E-state index contributed by atoms with van der Waals surface area (Å²) in [5.74, 6) is 2.91. The second-order valence-electron chi connectivity index (χ2n) is 13.1. The molecule has 0 aliphatic heterocycles. The summed E-state index contributed by atoms with van der Waals surface area (Å²) in [6.07, 6.45) is 21.8. The molecular formula is C30H58N2O2Si. The molecule has 0 heterocycles. The average Bonchev–Trinajstić information content (AvgIpc) is 2.87. The van der Waals surface area contributed by atoms with Crippen LogP contribution in [-0.2, 0) is 8.85 Å². The van der Waals surface area contributed by atoms with Crippen LogP contribution < -0.4 is 0 Å². The Morgan fingerprint density at radius 2 is 0.657 bits per heavy atom. The largest absolute Gasteiger partial charge is 0.522 e. The van der Waals surface area contributed by atoms with Gasteiger partial charge in [-0.15, -0.1) is 0 Å². The minimum Gasteiger partial charge on any atom is -0.374 e. The van der Waals surface area contributed by atoms with E-state index in [-0.39, 0.29) is 0 Å². The van der Waals surface area contributed by atoms with Crippen LogP contribution in [0.15, 0.2) is 0 Å². The SMILES string of the molecule is CO[Si](OC)(N(C1CCCCC1C)C1CCCCC1C)N(C1CCCCC1C)C1CCCCC1C. The van der Waals surface area contributed by atoms with Gasteiger partial charge in [0, 0.05) is 38.4 Å². The number of hydrogen-bond donors (Lipinski definition) is 0. The van der Waals surface area contributed by atoms with E-state index < -0.39 is 8.88 Å². The van der Waals surface area contributed by atoms with E-state index >= 15 is 0 Å². The minimum atomic E-state index is -2.85. The van der Waals surface area contributed by atoms with Gasteiger partial charge in [0.05, 0.1) is 0 Å². The van der Waals surface area contributed by atoms with Crippen molar-refractivity contribution in [3.8, 4) is 0 Å². The molecule has 0 aromatic rings. The Kier molecular flexibility index (Phi) is 10.2. The molecule has 5 heteroatoms. The van der Waals surface area contributed by atoms with Crippen LogP contribution in [0.1, 0.15) is 130 Å². The maximum atomic E-state index is 6.99. The Morgan fingerprint density at radius 1 is 0.429 bits per heavy atom. The molecule has 0 aromatic heterocycles. The third kappa shape index (κ3) is 5.74. The van der Waals surface area contributed by atoms with Crippen molar-refractivity contribution in [3.05, 3.63) is 0 Å². The van der Waals surface area contributed by atoms with Gasteiger partial charge in [0.15, 0.2) is 0 Å². The van der Waals surface area contributed by atoms with Crippen molar-refractivity contribution in [2.45, 2.75) is 155 Å². The van der Waals surface area contributed by atoms with Crippen LogP contribution in [-0.4, -0.2) is 56.4 Å². The molecule has 8 atom stereocenters. The van der Waals surface area contributed by atoms with E-state index in [9.17, 15) is 0 Å². The lowest BCUT2D eigenvalue weighted by molar-refractivity contribution is -0.0372. The van der Waals surface area contributed by atoms with Crippen LogP contribution in [0.25, 0.3) is 0 Å². The molecule has 0 amide bonds. The van der Waals surface area contributed by atoms with E-state index in [0.29, 0.717) is 24.2 Å². The smallest absolute Gasteiger partial charge is 0.374 e. The van der Waals surface area contributed by atoms with E-state index in [2.05, 4.69) is 36.8 Å². The lowest BCUT2D eigenvalue weighted by Gasteiger charge is -2.59. The molecule has 0 spiro atoms. The van der Waals surface area contributed by atoms with Crippen LogP contribution in [0, 0.1) is 23.7 Å². The second kappa shape index (κ2) is 12.7. The van der Waals surface area contributed by atoms with Gasteiger partial charge < -0.3 is 8.85 Å². The molecule has 4 nitrogen and oxygen atoms in total. The summed E-state index contributed by atoms with van der Waals surface area (Å²) < 4.78 is 20.0.